The van der Waals surface area contributed by atoms with Gasteiger partial charge < -0.3 is 21.5 Å². The second-order valence-electron chi connectivity index (χ2n) is 5.20. The van der Waals surface area contributed by atoms with Crippen LogP contribution in [0.3, 0.4) is 0 Å². The van der Waals surface area contributed by atoms with Gasteiger partial charge in [-0.05, 0) is 43.2 Å². The number of carbonyl (C=O) groups excluding carboxylic acids is 1. The van der Waals surface area contributed by atoms with Gasteiger partial charge in [-0.1, -0.05) is 0 Å². The van der Waals surface area contributed by atoms with E-state index in [0.29, 0.717) is 24.6 Å². The molecule has 2 rings (SSSR count). The summed E-state index contributed by atoms with van der Waals surface area (Å²) in [6.07, 6.45) is 1.98. The van der Waals surface area contributed by atoms with Gasteiger partial charge in [0.1, 0.15) is 5.75 Å². The van der Waals surface area contributed by atoms with Crippen LogP contribution in [-0.2, 0) is 4.79 Å². The Kier molecular flexibility index (Phi) is 5.05. The summed E-state index contributed by atoms with van der Waals surface area (Å²) < 4.78 is 5.50. The Morgan fingerprint density at radius 3 is 2.70 bits per heavy atom. The number of hydrogen-bond donors (Lipinski definition) is 3. The minimum absolute atomic E-state index is 0.259. The van der Waals surface area contributed by atoms with Crippen LogP contribution in [0.5, 0.6) is 5.75 Å². The van der Waals surface area contributed by atoms with Gasteiger partial charge in [0.15, 0.2) is 0 Å². The van der Waals surface area contributed by atoms with Crippen LogP contribution in [-0.4, -0.2) is 31.8 Å². The summed E-state index contributed by atoms with van der Waals surface area (Å²) in [5.74, 6) is 0.236. The Morgan fingerprint density at radius 2 is 2.13 bits per heavy atom. The van der Waals surface area contributed by atoms with E-state index in [1.165, 1.54) is 0 Å². The Balaban J connectivity index is 2.42. The number of hydrogen-bond acceptors (Lipinski definition) is 5. The predicted molar refractivity (Wildman–Crippen MR) is 93.5 cm³/mol. The molecule has 1 aromatic rings. The van der Waals surface area contributed by atoms with E-state index in [-0.39, 0.29) is 5.57 Å². The van der Waals surface area contributed by atoms with Crippen molar-refractivity contribution >= 4 is 23.4 Å². The zero-order valence-corrected chi connectivity index (χ0v) is 13.6. The smallest absolute Gasteiger partial charge is 0.252 e. The maximum atomic E-state index is 11.7. The summed E-state index contributed by atoms with van der Waals surface area (Å²) in [5.41, 5.74) is 15.2. The fourth-order valence-electron chi connectivity index (χ4n) is 2.57. The monoisotopic (exact) mass is 314 g/mol. The van der Waals surface area contributed by atoms with E-state index in [9.17, 15) is 4.79 Å². The lowest BCUT2D eigenvalue weighted by atomic mass is 9.95. The van der Waals surface area contributed by atoms with Gasteiger partial charge in [0, 0.05) is 31.0 Å². The van der Waals surface area contributed by atoms with E-state index in [2.05, 4.69) is 10.3 Å². The molecular weight excluding hydrogens is 292 g/mol. The van der Waals surface area contributed by atoms with E-state index in [1.807, 2.05) is 31.2 Å². The molecule has 0 radical (unpaired) electrons. The molecule has 23 heavy (non-hydrogen) atoms. The molecule has 0 bridgehead atoms. The molecule has 1 amide bonds. The fourth-order valence-corrected chi connectivity index (χ4v) is 2.57. The molecule has 0 saturated carbocycles. The molecule has 0 atom stereocenters. The Labute approximate surface area is 135 Å². The van der Waals surface area contributed by atoms with Crippen molar-refractivity contribution in [2.75, 3.05) is 25.5 Å². The number of carbonyl (C=O) groups is 1. The summed E-state index contributed by atoms with van der Waals surface area (Å²) in [4.78, 5) is 15.9. The molecule has 6 nitrogen and oxygen atoms in total. The maximum Gasteiger partial charge on any atom is 0.252 e. The second-order valence-corrected chi connectivity index (χ2v) is 5.20. The van der Waals surface area contributed by atoms with Crippen LogP contribution in [0.4, 0.5) is 5.69 Å². The van der Waals surface area contributed by atoms with Gasteiger partial charge in [0.25, 0.3) is 5.91 Å². The van der Waals surface area contributed by atoms with Gasteiger partial charge in [-0.2, -0.15) is 0 Å². The molecule has 1 aliphatic heterocycles. The highest BCUT2D eigenvalue weighted by Crippen LogP contribution is 2.29. The number of ether oxygens (including phenoxy) is 1. The zero-order chi connectivity index (χ0) is 17.0. The van der Waals surface area contributed by atoms with Crippen LogP contribution < -0.4 is 21.5 Å². The Morgan fingerprint density at radius 1 is 1.39 bits per heavy atom. The highest BCUT2D eigenvalue weighted by atomic mass is 16.5. The molecule has 6 heteroatoms. The summed E-state index contributed by atoms with van der Waals surface area (Å²) in [6, 6.07) is 5.82. The number of allylic oxidation sites excluding steroid dienone is 1. The number of fused-ring (bicyclic) bond motifs is 1. The van der Waals surface area contributed by atoms with Crippen LogP contribution in [0.15, 0.2) is 40.0 Å². The molecule has 5 N–H and O–H groups in total. The Bertz CT molecular complexity index is 713. The third-order valence-corrected chi connectivity index (χ3v) is 3.54. The summed E-state index contributed by atoms with van der Waals surface area (Å²) >= 11 is 0. The summed E-state index contributed by atoms with van der Waals surface area (Å²) in [7, 11) is 1.62. The van der Waals surface area contributed by atoms with Crippen molar-refractivity contribution in [3.8, 4) is 5.75 Å². The highest BCUT2D eigenvalue weighted by Gasteiger charge is 2.21. The zero-order valence-electron chi connectivity index (χ0n) is 13.6. The van der Waals surface area contributed by atoms with Gasteiger partial charge in [-0.3, -0.25) is 9.79 Å². The fraction of sp³-hybridized carbons (Fsp3) is 0.294. The van der Waals surface area contributed by atoms with Crippen molar-refractivity contribution in [2.24, 2.45) is 16.5 Å². The minimum atomic E-state index is -0.580. The van der Waals surface area contributed by atoms with Gasteiger partial charge in [0.05, 0.1) is 17.9 Å². The van der Waals surface area contributed by atoms with Crippen LogP contribution in [0.1, 0.15) is 19.4 Å². The average Bonchev–Trinajstić information content (AvgIpc) is 2.51. The number of nitrogens with zero attached hydrogens (tertiary/aromatic N) is 1. The van der Waals surface area contributed by atoms with Crippen molar-refractivity contribution in [2.45, 2.75) is 13.8 Å². The molecule has 0 spiro atoms. The summed E-state index contributed by atoms with van der Waals surface area (Å²) in [6.45, 7) is 4.74. The maximum absolute atomic E-state index is 11.7. The molecule has 0 aliphatic carbocycles. The van der Waals surface area contributed by atoms with Gasteiger partial charge in [-0.25, -0.2) is 0 Å². The molecule has 1 aromatic carbocycles. The molecule has 1 aliphatic rings. The molecule has 0 saturated heterocycles. The quantitative estimate of drug-likeness (QED) is 0.568. The van der Waals surface area contributed by atoms with Crippen molar-refractivity contribution < 1.29 is 9.53 Å². The van der Waals surface area contributed by atoms with Crippen LogP contribution in [0.2, 0.25) is 0 Å². The number of primary amides is 1. The highest BCUT2D eigenvalue weighted by molar-refractivity contribution is 6.29. The molecule has 0 unspecified atom stereocenters. The number of benzene rings is 1. The van der Waals surface area contributed by atoms with Crippen molar-refractivity contribution in [1.82, 2.24) is 0 Å². The molecule has 122 valence electrons. The minimum Gasteiger partial charge on any atom is -0.494 e. The van der Waals surface area contributed by atoms with Gasteiger partial charge >= 0.3 is 0 Å². The van der Waals surface area contributed by atoms with E-state index in [0.717, 1.165) is 22.6 Å². The van der Waals surface area contributed by atoms with E-state index < -0.39 is 5.91 Å². The second kappa shape index (κ2) is 7.00. The molecule has 0 aromatic heterocycles. The lowest BCUT2D eigenvalue weighted by Crippen LogP contribution is -2.28. The first kappa shape index (κ1) is 16.6. The van der Waals surface area contributed by atoms with Gasteiger partial charge in [0.2, 0.25) is 0 Å². The van der Waals surface area contributed by atoms with Gasteiger partial charge in [-0.15, -0.1) is 0 Å². The van der Waals surface area contributed by atoms with E-state index >= 15 is 0 Å². The van der Waals surface area contributed by atoms with E-state index in [4.69, 9.17) is 16.2 Å². The van der Waals surface area contributed by atoms with E-state index in [1.54, 1.807) is 14.0 Å². The number of nitrogens with two attached hydrogens (primary N) is 2. The lowest BCUT2D eigenvalue weighted by Gasteiger charge is -2.21. The average molecular weight is 314 g/mol. The molecule has 1 heterocycles. The number of rotatable bonds is 5. The number of amides is 1. The standard InChI is InChI=1S/C17H22N4O2/c1-4-23-13-6-5-11-7-12(9-21-14(11)8-13)16(20-3)15(10(2)18)17(19)22/h5-8,21H,4,9,18H2,1-3H3,(H2,19,22)/b15-10-,20-16-. The SMILES string of the molecule is CCOc1ccc2c(c1)NCC(C(=N/C)/C(C(N)=O)=C(\C)N)=C2. The Hall–Kier alpha value is -2.76. The number of anilines is 1. The third kappa shape index (κ3) is 3.53. The van der Waals surface area contributed by atoms with Crippen molar-refractivity contribution in [3.63, 3.8) is 0 Å². The van der Waals surface area contributed by atoms with Crippen molar-refractivity contribution in [1.29, 1.82) is 0 Å². The topological polar surface area (TPSA) is 103 Å². The lowest BCUT2D eigenvalue weighted by molar-refractivity contribution is -0.114. The van der Waals surface area contributed by atoms with Crippen molar-refractivity contribution in [3.05, 3.63) is 40.6 Å². The summed E-state index contributed by atoms with van der Waals surface area (Å²) in [5, 5.41) is 3.31. The largest absolute Gasteiger partial charge is 0.494 e. The predicted octanol–water partition coefficient (Wildman–Crippen LogP) is 1.68. The first-order valence-corrected chi connectivity index (χ1v) is 7.42. The number of aliphatic imine (C=N–C) groups is 1. The molecular formula is C17H22N4O2. The molecule has 0 fully saturated rings. The normalized spacial score (nSPS) is 15.1. The first-order chi connectivity index (χ1) is 11.0. The van der Waals surface area contributed by atoms with Crippen LogP contribution in [0, 0.1) is 0 Å². The first-order valence-electron chi connectivity index (χ1n) is 7.42. The van der Waals surface area contributed by atoms with Crippen LogP contribution >= 0.6 is 0 Å². The third-order valence-electron chi connectivity index (χ3n) is 3.54. The van der Waals surface area contributed by atoms with Crippen LogP contribution in [0.25, 0.3) is 6.08 Å². The number of nitrogens with one attached hydrogen (secondary N) is 1.